The Labute approximate surface area is 119 Å². The first-order chi connectivity index (χ1) is 9.36. The van der Waals surface area contributed by atoms with Crippen LogP contribution in [0.4, 0.5) is 13.2 Å². The van der Waals surface area contributed by atoms with Gasteiger partial charge in [-0.3, -0.25) is 0 Å². The smallest absolute Gasteiger partial charge is 0.416 e. The summed E-state index contributed by atoms with van der Waals surface area (Å²) >= 11 is 5.78. The minimum absolute atomic E-state index is 0.183. The van der Waals surface area contributed by atoms with Gasteiger partial charge in [-0.05, 0) is 42.8 Å². The third-order valence-corrected chi connectivity index (χ3v) is 3.07. The largest absolute Gasteiger partial charge is 0.486 e. The van der Waals surface area contributed by atoms with E-state index in [9.17, 15) is 13.2 Å². The highest BCUT2D eigenvalue weighted by atomic mass is 35.5. The Hall–Kier alpha value is -1.68. The van der Waals surface area contributed by atoms with Gasteiger partial charge < -0.3 is 4.74 Å². The summed E-state index contributed by atoms with van der Waals surface area (Å²) in [4.78, 5) is 0. The molecular weight excluding hydrogens is 289 g/mol. The quantitative estimate of drug-likeness (QED) is 0.727. The molecule has 0 saturated heterocycles. The summed E-state index contributed by atoms with van der Waals surface area (Å²) in [5.74, 6) is 0.183. The molecule has 0 aliphatic carbocycles. The maximum atomic E-state index is 12.6. The Morgan fingerprint density at radius 1 is 1.05 bits per heavy atom. The number of alkyl halides is 3. The second-order valence-electron chi connectivity index (χ2n) is 4.34. The van der Waals surface area contributed by atoms with Crippen molar-refractivity contribution in [1.29, 1.82) is 0 Å². The first kappa shape index (κ1) is 14.7. The van der Waals surface area contributed by atoms with E-state index in [4.69, 9.17) is 16.3 Å². The zero-order valence-electron chi connectivity index (χ0n) is 10.6. The van der Waals surface area contributed by atoms with Gasteiger partial charge in [0.25, 0.3) is 0 Å². The lowest BCUT2D eigenvalue weighted by Crippen LogP contribution is -2.07. The Morgan fingerprint density at radius 2 is 1.70 bits per heavy atom. The van der Waals surface area contributed by atoms with Crippen LogP contribution in [-0.4, -0.2) is 0 Å². The zero-order valence-corrected chi connectivity index (χ0v) is 11.4. The average Bonchev–Trinajstić information content (AvgIpc) is 2.38. The molecule has 0 heterocycles. The molecule has 0 fully saturated rings. The van der Waals surface area contributed by atoms with Gasteiger partial charge in [0, 0.05) is 5.02 Å². The van der Waals surface area contributed by atoms with E-state index in [2.05, 4.69) is 0 Å². The molecule has 5 heteroatoms. The second-order valence-corrected chi connectivity index (χ2v) is 4.77. The predicted octanol–water partition coefficient (Wildman–Crippen LogP) is 5.50. The maximum Gasteiger partial charge on any atom is 0.416 e. The van der Waals surface area contributed by atoms with Gasteiger partial charge in [0.15, 0.2) is 0 Å². The van der Waals surface area contributed by atoms with Crippen LogP contribution in [0.15, 0.2) is 48.5 Å². The van der Waals surface area contributed by atoms with E-state index in [1.807, 2.05) is 0 Å². The molecule has 1 nitrogen and oxygen atoms in total. The van der Waals surface area contributed by atoms with Crippen molar-refractivity contribution in [2.45, 2.75) is 19.2 Å². The Morgan fingerprint density at radius 3 is 2.30 bits per heavy atom. The first-order valence-electron chi connectivity index (χ1n) is 5.95. The monoisotopic (exact) mass is 300 g/mol. The molecule has 2 aromatic carbocycles. The summed E-state index contributed by atoms with van der Waals surface area (Å²) in [6.07, 6.45) is -4.74. The van der Waals surface area contributed by atoms with Crippen molar-refractivity contribution in [1.82, 2.24) is 0 Å². The standard InChI is InChI=1S/C15H12ClF3O/c1-10(11-5-7-13(16)8-6-11)20-14-4-2-3-12(9-14)15(17,18)19/h2-10H,1H3. The molecule has 0 saturated carbocycles. The number of rotatable bonds is 3. The van der Waals surface area contributed by atoms with Crippen molar-refractivity contribution in [2.75, 3.05) is 0 Å². The molecule has 0 aliphatic rings. The predicted molar refractivity (Wildman–Crippen MR) is 71.9 cm³/mol. The van der Waals surface area contributed by atoms with Crippen molar-refractivity contribution in [3.05, 3.63) is 64.7 Å². The van der Waals surface area contributed by atoms with Gasteiger partial charge in [0.1, 0.15) is 11.9 Å². The lowest BCUT2D eigenvalue weighted by Gasteiger charge is -2.16. The van der Waals surface area contributed by atoms with E-state index in [1.165, 1.54) is 12.1 Å². The topological polar surface area (TPSA) is 9.23 Å². The van der Waals surface area contributed by atoms with Gasteiger partial charge in [-0.1, -0.05) is 29.8 Å². The van der Waals surface area contributed by atoms with Crippen LogP contribution in [-0.2, 0) is 6.18 Å². The lowest BCUT2D eigenvalue weighted by atomic mass is 10.1. The van der Waals surface area contributed by atoms with Gasteiger partial charge in [-0.2, -0.15) is 13.2 Å². The fraction of sp³-hybridized carbons (Fsp3) is 0.200. The van der Waals surface area contributed by atoms with Crippen molar-refractivity contribution in [2.24, 2.45) is 0 Å². The lowest BCUT2D eigenvalue weighted by molar-refractivity contribution is -0.137. The van der Waals surface area contributed by atoms with Crippen LogP contribution in [0.1, 0.15) is 24.2 Å². The molecule has 0 amide bonds. The summed E-state index contributed by atoms with van der Waals surface area (Å²) in [7, 11) is 0. The highest BCUT2D eigenvalue weighted by Crippen LogP contribution is 2.32. The molecule has 2 aromatic rings. The number of halogens is 4. The molecule has 2 rings (SSSR count). The van der Waals surface area contributed by atoms with Gasteiger partial charge in [-0.15, -0.1) is 0 Å². The highest BCUT2D eigenvalue weighted by Gasteiger charge is 2.30. The minimum atomic E-state index is -4.37. The SMILES string of the molecule is CC(Oc1cccc(C(F)(F)F)c1)c1ccc(Cl)cc1. The Balaban J connectivity index is 2.15. The normalized spacial score (nSPS) is 13.1. The van der Waals surface area contributed by atoms with E-state index in [-0.39, 0.29) is 11.9 Å². The third kappa shape index (κ3) is 3.67. The Kier molecular flexibility index (Phi) is 4.23. The molecule has 0 N–H and O–H groups in total. The number of benzene rings is 2. The van der Waals surface area contributed by atoms with Crippen molar-refractivity contribution in [3.63, 3.8) is 0 Å². The third-order valence-electron chi connectivity index (χ3n) is 2.81. The van der Waals surface area contributed by atoms with E-state index < -0.39 is 11.7 Å². The van der Waals surface area contributed by atoms with Crippen LogP contribution < -0.4 is 4.74 Å². The molecule has 20 heavy (non-hydrogen) atoms. The summed E-state index contributed by atoms with van der Waals surface area (Å²) in [6, 6.07) is 11.8. The maximum absolute atomic E-state index is 12.6. The van der Waals surface area contributed by atoms with Gasteiger partial charge in [0.05, 0.1) is 5.56 Å². The summed E-state index contributed by atoms with van der Waals surface area (Å²) in [5, 5.41) is 0.597. The fourth-order valence-corrected chi connectivity index (χ4v) is 1.88. The number of hydrogen-bond acceptors (Lipinski definition) is 1. The Bertz CT molecular complexity index is 578. The molecule has 0 radical (unpaired) electrons. The van der Waals surface area contributed by atoms with Gasteiger partial charge in [-0.25, -0.2) is 0 Å². The summed E-state index contributed by atoms with van der Waals surface area (Å²) in [6.45, 7) is 1.77. The highest BCUT2D eigenvalue weighted by molar-refractivity contribution is 6.30. The summed E-state index contributed by atoms with van der Waals surface area (Å²) in [5.41, 5.74) is 0.116. The molecule has 0 bridgehead atoms. The average molecular weight is 301 g/mol. The molecule has 0 aromatic heterocycles. The second kappa shape index (κ2) is 5.75. The van der Waals surface area contributed by atoms with E-state index in [1.54, 1.807) is 31.2 Å². The molecule has 0 aliphatic heterocycles. The van der Waals surface area contributed by atoms with Crippen molar-refractivity contribution < 1.29 is 17.9 Å². The number of hydrogen-bond donors (Lipinski definition) is 0. The molecule has 1 unspecified atom stereocenters. The van der Waals surface area contributed by atoms with Crippen LogP contribution >= 0.6 is 11.6 Å². The fourth-order valence-electron chi connectivity index (χ4n) is 1.75. The molecular formula is C15H12ClF3O. The molecule has 1 atom stereocenters. The van der Waals surface area contributed by atoms with Gasteiger partial charge >= 0.3 is 6.18 Å². The van der Waals surface area contributed by atoms with Crippen LogP contribution in [0.3, 0.4) is 0 Å². The van der Waals surface area contributed by atoms with E-state index in [0.717, 1.165) is 17.7 Å². The van der Waals surface area contributed by atoms with E-state index in [0.29, 0.717) is 5.02 Å². The van der Waals surface area contributed by atoms with Crippen molar-refractivity contribution in [3.8, 4) is 5.75 Å². The van der Waals surface area contributed by atoms with Crippen LogP contribution in [0.25, 0.3) is 0 Å². The van der Waals surface area contributed by atoms with E-state index >= 15 is 0 Å². The zero-order chi connectivity index (χ0) is 14.8. The molecule has 0 spiro atoms. The van der Waals surface area contributed by atoms with Gasteiger partial charge in [0.2, 0.25) is 0 Å². The van der Waals surface area contributed by atoms with Crippen LogP contribution in [0.5, 0.6) is 5.75 Å². The number of ether oxygens (including phenoxy) is 1. The van der Waals surface area contributed by atoms with Crippen LogP contribution in [0, 0.1) is 0 Å². The van der Waals surface area contributed by atoms with Crippen molar-refractivity contribution >= 4 is 11.6 Å². The minimum Gasteiger partial charge on any atom is -0.486 e. The summed E-state index contributed by atoms with van der Waals surface area (Å²) < 4.78 is 43.3. The van der Waals surface area contributed by atoms with Crippen LogP contribution in [0.2, 0.25) is 5.02 Å². The molecule has 106 valence electrons. The first-order valence-corrected chi connectivity index (χ1v) is 6.33.